The van der Waals surface area contributed by atoms with Crippen LogP contribution in [0.25, 0.3) is 77.2 Å². The lowest BCUT2D eigenvalue weighted by molar-refractivity contribution is 0.484. The van der Waals surface area contributed by atoms with Crippen molar-refractivity contribution >= 4 is 83.8 Å². The van der Waals surface area contributed by atoms with Crippen molar-refractivity contribution in [3.63, 3.8) is 0 Å². The van der Waals surface area contributed by atoms with E-state index in [-0.39, 0.29) is 33.8 Å². The molecule has 10 aromatic carbocycles. The number of hydrogen-bond donors (Lipinski definition) is 0. The molecule has 0 aliphatic carbocycles. The van der Waals surface area contributed by atoms with Gasteiger partial charge in [0.15, 0.2) is 0 Å². The minimum absolute atomic E-state index is 0.00938. The fraction of sp³-hybridized carbons (Fsp3) is 0.250. The van der Waals surface area contributed by atoms with Crippen LogP contribution >= 0.6 is 0 Å². The summed E-state index contributed by atoms with van der Waals surface area (Å²) in [6, 6.07) is 76.6. The molecule has 0 spiro atoms. The zero-order valence-corrected chi connectivity index (χ0v) is 52.4. The molecule has 4 heterocycles. The first-order chi connectivity index (χ1) is 40.3. The Kier molecular flexibility index (Phi) is 12.2. The lowest BCUT2D eigenvalue weighted by atomic mass is 9.33. The number of ether oxygens (including phenoxy) is 1. The topological polar surface area (TPSA) is 22.3 Å². The van der Waals surface area contributed by atoms with Crippen molar-refractivity contribution in [2.45, 2.75) is 131 Å². The molecule has 0 N–H and O–H groups in total. The molecular formula is C80H78BN3O. The second-order valence-corrected chi connectivity index (χ2v) is 29.5. The third kappa shape index (κ3) is 8.86. The molecule has 85 heavy (non-hydrogen) atoms. The molecule has 0 atom stereocenters. The van der Waals surface area contributed by atoms with Crippen molar-refractivity contribution in [1.29, 1.82) is 0 Å². The van der Waals surface area contributed by atoms with Gasteiger partial charge < -0.3 is 18.8 Å². The lowest BCUT2D eigenvalue weighted by Gasteiger charge is -2.41. The molecule has 2 aliphatic heterocycles. The second kappa shape index (κ2) is 19.0. The van der Waals surface area contributed by atoms with Gasteiger partial charge in [-0.15, -0.1) is 0 Å². The summed E-state index contributed by atoms with van der Waals surface area (Å²) in [5.41, 5.74) is 25.1. The van der Waals surface area contributed by atoms with Crippen molar-refractivity contribution in [2.24, 2.45) is 0 Å². The first-order valence-corrected chi connectivity index (χ1v) is 30.7. The minimum atomic E-state index is -0.179. The van der Waals surface area contributed by atoms with E-state index in [0.717, 1.165) is 51.0 Å². The van der Waals surface area contributed by atoms with Crippen molar-refractivity contribution in [3.05, 3.63) is 228 Å². The van der Waals surface area contributed by atoms with Gasteiger partial charge in [-0.05, 0) is 161 Å². The molecular weight excluding hydrogens is 1030 g/mol. The SMILES string of the molecule is CC(C)(C)c1ccc(-c2cccc(-c3ccc(C(C)(C)C)cc3)c2-n2c3ccccc3c3c4c(ccc32)Oc2cc(C(C)(C)C)cc3c2B4c2ccc(-n4c5ccc(C(C)(C)C)cc5c5cc(C(C)(C)C)ccc54)cc2N3c2ccccc2)cc1. The molecule has 12 aromatic rings. The van der Waals surface area contributed by atoms with Crippen molar-refractivity contribution in [1.82, 2.24) is 9.13 Å². The highest BCUT2D eigenvalue weighted by molar-refractivity contribution is 7.00. The first-order valence-electron chi connectivity index (χ1n) is 30.7. The van der Waals surface area contributed by atoms with Gasteiger partial charge in [-0.2, -0.15) is 0 Å². The first kappa shape index (κ1) is 54.4. The number of fused-ring (bicyclic) bond motifs is 11. The van der Waals surface area contributed by atoms with Crippen LogP contribution in [-0.4, -0.2) is 15.8 Å². The predicted molar refractivity (Wildman–Crippen MR) is 365 cm³/mol. The van der Waals surface area contributed by atoms with E-state index in [1.807, 2.05) is 0 Å². The Morgan fingerprint density at radius 3 is 1.39 bits per heavy atom. The highest BCUT2D eigenvalue weighted by Crippen LogP contribution is 2.48. The van der Waals surface area contributed by atoms with Gasteiger partial charge in [0.25, 0.3) is 6.71 Å². The number of para-hydroxylation sites is 3. The van der Waals surface area contributed by atoms with Gasteiger partial charge in [-0.1, -0.05) is 225 Å². The van der Waals surface area contributed by atoms with Crippen LogP contribution < -0.4 is 26.0 Å². The molecule has 5 heteroatoms. The average molecular weight is 1110 g/mol. The van der Waals surface area contributed by atoms with E-state index < -0.39 is 0 Å². The van der Waals surface area contributed by atoms with Crippen molar-refractivity contribution in [2.75, 3.05) is 4.90 Å². The van der Waals surface area contributed by atoms with Crippen molar-refractivity contribution < 1.29 is 4.74 Å². The largest absolute Gasteiger partial charge is 0.458 e. The standard InChI is InChI=1S/C80H78BN3O/c1-76(2,3)51-32-28-49(29-33-51)58-25-21-26-59(50-30-34-52(35-31-50)77(4,5)6)75(58)84-64-27-20-19-24-60(64)72-67(84)42-43-70-74(72)81-63-39-38-57(83-65-40-36-53(78(7,8)9)44-61(65)62-45-54(79(10,11)12)37-41-66(62)83)48-68(63)82(56-22-17-16-18-23-56)69-46-55(80(13,14)15)47-71(85-70)73(69)81/h16-48H,1-15H3. The summed E-state index contributed by atoms with van der Waals surface area (Å²) in [6.45, 7) is 34.4. The molecule has 0 unspecified atom stereocenters. The third-order valence-corrected chi connectivity index (χ3v) is 18.6. The summed E-state index contributed by atoms with van der Waals surface area (Å²) in [4.78, 5) is 2.53. The van der Waals surface area contributed by atoms with Gasteiger partial charge in [0.2, 0.25) is 0 Å². The zero-order chi connectivity index (χ0) is 59.4. The van der Waals surface area contributed by atoms with Crippen LogP contribution in [0.15, 0.2) is 200 Å². The summed E-state index contributed by atoms with van der Waals surface area (Å²) in [5.74, 6) is 1.80. The van der Waals surface area contributed by atoms with E-state index in [0.29, 0.717) is 0 Å². The number of benzene rings is 10. The van der Waals surface area contributed by atoms with Crippen LogP contribution in [0.3, 0.4) is 0 Å². The van der Waals surface area contributed by atoms with Crippen LogP contribution in [0.2, 0.25) is 0 Å². The average Bonchev–Trinajstić information content (AvgIpc) is 1.78. The molecule has 0 radical (unpaired) electrons. The Bertz CT molecular complexity index is 4530. The molecule has 0 saturated carbocycles. The van der Waals surface area contributed by atoms with Crippen LogP contribution in [0, 0.1) is 0 Å². The quantitative estimate of drug-likeness (QED) is 0.160. The Balaban J connectivity index is 1.07. The molecule has 14 rings (SSSR count). The number of nitrogens with zero attached hydrogens (tertiary/aromatic N) is 3. The van der Waals surface area contributed by atoms with E-state index in [1.54, 1.807) is 0 Å². The van der Waals surface area contributed by atoms with E-state index in [9.17, 15) is 0 Å². The summed E-state index contributed by atoms with van der Waals surface area (Å²) < 4.78 is 12.6. The molecule has 4 nitrogen and oxygen atoms in total. The van der Waals surface area contributed by atoms with Gasteiger partial charge in [-0.25, -0.2) is 0 Å². The van der Waals surface area contributed by atoms with E-state index in [2.05, 4.69) is 318 Å². The second-order valence-electron chi connectivity index (χ2n) is 29.5. The van der Waals surface area contributed by atoms with Crippen LogP contribution in [0.1, 0.15) is 132 Å². The number of hydrogen-bond acceptors (Lipinski definition) is 2. The van der Waals surface area contributed by atoms with E-state index >= 15 is 0 Å². The Morgan fingerprint density at radius 2 is 0.835 bits per heavy atom. The Hall–Kier alpha value is -8.54. The highest BCUT2D eigenvalue weighted by atomic mass is 16.5. The summed E-state index contributed by atoms with van der Waals surface area (Å²) in [6.07, 6.45) is 0. The number of aromatic nitrogens is 2. The Morgan fingerprint density at radius 1 is 0.329 bits per heavy atom. The maximum Gasteiger partial charge on any atom is 0.257 e. The molecule has 422 valence electrons. The van der Waals surface area contributed by atoms with E-state index in [1.165, 1.54) is 99.0 Å². The summed E-state index contributed by atoms with van der Waals surface area (Å²) >= 11 is 0. The number of anilines is 3. The van der Waals surface area contributed by atoms with Gasteiger partial charge in [0, 0.05) is 55.4 Å². The zero-order valence-electron chi connectivity index (χ0n) is 52.4. The Labute approximate surface area is 503 Å². The summed E-state index contributed by atoms with van der Waals surface area (Å²) in [7, 11) is 0. The maximum atomic E-state index is 7.50. The van der Waals surface area contributed by atoms with Crippen LogP contribution in [0.4, 0.5) is 17.1 Å². The minimum Gasteiger partial charge on any atom is -0.458 e. The van der Waals surface area contributed by atoms with Crippen molar-refractivity contribution in [3.8, 4) is 45.1 Å². The van der Waals surface area contributed by atoms with Crippen LogP contribution in [-0.2, 0) is 27.1 Å². The molecule has 0 fully saturated rings. The molecule has 2 aromatic heterocycles. The fourth-order valence-electron chi connectivity index (χ4n) is 13.7. The third-order valence-electron chi connectivity index (χ3n) is 18.6. The van der Waals surface area contributed by atoms with Gasteiger partial charge >= 0.3 is 0 Å². The normalized spacial score (nSPS) is 13.6. The summed E-state index contributed by atoms with van der Waals surface area (Å²) in [5, 5.41) is 4.96. The molecule has 2 aliphatic rings. The molecule has 0 amide bonds. The number of rotatable bonds is 5. The smallest absolute Gasteiger partial charge is 0.257 e. The molecule has 0 saturated heterocycles. The predicted octanol–water partition coefficient (Wildman–Crippen LogP) is 20.1. The fourth-order valence-corrected chi connectivity index (χ4v) is 13.7. The van der Waals surface area contributed by atoms with Gasteiger partial charge in [0.05, 0.1) is 27.8 Å². The monoisotopic (exact) mass is 1110 g/mol. The van der Waals surface area contributed by atoms with Gasteiger partial charge in [0.1, 0.15) is 11.5 Å². The van der Waals surface area contributed by atoms with Gasteiger partial charge in [-0.3, -0.25) is 0 Å². The maximum absolute atomic E-state index is 7.50. The van der Waals surface area contributed by atoms with E-state index in [4.69, 9.17) is 4.74 Å². The lowest BCUT2D eigenvalue weighted by Crippen LogP contribution is -2.59. The molecule has 0 bridgehead atoms. The van der Waals surface area contributed by atoms with Crippen LogP contribution in [0.5, 0.6) is 11.5 Å². The highest BCUT2D eigenvalue weighted by Gasteiger charge is 2.45.